The van der Waals surface area contributed by atoms with Gasteiger partial charge in [-0.05, 0) is 35.7 Å². The van der Waals surface area contributed by atoms with Crippen molar-refractivity contribution < 1.29 is 0 Å². The Morgan fingerprint density at radius 3 is 2.52 bits per heavy atom. The van der Waals surface area contributed by atoms with Crippen molar-refractivity contribution in [1.29, 1.82) is 5.26 Å². The molecule has 3 unspecified atom stereocenters. The van der Waals surface area contributed by atoms with Gasteiger partial charge < -0.3 is 5.32 Å². The summed E-state index contributed by atoms with van der Waals surface area (Å²) in [5.41, 5.74) is 2.21. The van der Waals surface area contributed by atoms with Crippen LogP contribution in [0.25, 0.3) is 0 Å². The van der Waals surface area contributed by atoms with Gasteiger partial charge in [0.05, 0.1) is 12.0 Å². The Labute approximate surface area is 137 Å². The Morgan fingerprint density at radius 1 is 1.14 bits per heavy atom. The highest BCUT2D eigenvalue weighted by Gasteiger charge is 2.36. The first-order chi connectivity index (χ1) is 10.2. The van der Waals surface area contributed by atoms with E-state index in [-0.39, 0.29) is 18.0 Å². The zero-order valence-corrected chi connectivity index (χ0v) is 13.6. The van der Waals surface area contributed by atoms with E-state index in [4.69, 9.17) is 11.6 Å². The van der Waals surface area contributed by atoms with E-state index >= 15 is 0 Å². The fourth-order valence-corrected chi connectivity index (χ4v) is 3.42. The first-order valence-electron chi connectivity index (χ1n) is 6.84. The average molecular weight is 362 g/mol. The summed E-state index contributed by atoms with van der Waals surface area (Å²) in [4.78, 5) is 0. The molecule has 0 saturated carbocycles. The number of rotatable bonds is 2. The zero-order valence-electron chi connectivity index (χ0n) is 11.3. The van der Waals surface area contributed by atoms with Crippen molar-refractivity contribution in [2.24, 2.45) is 5.92 Å². The van der Waals surface area contributed by atoms with Gasteiger partial charge >= 0.3 is 0 Å². The zero-order chi connectivity index (χ0) is 14.8. The van der Waals surface area contributed by atoms with Crippen LogP contribution in [0, 0.1) is 17.2 Å². The molecule has 0 aromatic heterocycles. The first-order valence-corrected chi connectivity index (χ1v) is 8.01. The normalized spacial score (nSPS) is 24.7. The molecule has 0 aliphatic carbocycles. The molecule has 0 spiro atoms. The highest BCUT2D eigenvalue weighted by molar-refractivity contribution is 9.10. The van der Waals surface area contributed by atoms with Gasteiger partial charge in [-0.1, -0.05) is 57.9 Å². The van der Waals surface area contributed by atoms with Gasteiger partial charge in [0, 0.05) is 21.6 Å². The van der Waals surface area contributed by atoms with Gasteiger partial charge in [-0.2, -0.15) is 5.26 Å². The summed E-state index contributed by atoms with van der Waals surface area (Å²) >= 11 is 9.72. The maximum Gasteiger partial charge on any atom is 0.0676 e. The van der Waals surface area contributed by atoms with Crippen LogP contribution >= 0.6 is 27.5 Å². The highest BCUT2D eigenvalue weighted by Crippen LogP contribution is 2.40. The molecular formula is C17H14BrClN2. The maximum atomic E-state index is 9.45. The number of hydrogen-bond acceptors (Lipinski definition) is 2. The molecule has 3 atom stereocenters. The Balaban J connectivity index is 1.89. The van der Waals surface area contributed by atoms with Gasteiger partial charge in [0.1, 0.15) is 0 Å². The Hall–Kier alpha value is -1.34. The molecule has 4 heteroatoms. The lowest BCUT2D eigenvalue weighted by atomic mass is 9.94. The molecule has 2 nitrogen and oxygen atoms in total. The third-order valence-corrected chi connectivity index (χ3v) is 4.82. The molecule has 1 aliphatic rings. The lowest BCUT2D eigenvalue weighted by Gasteiger charge is -2.17. The van der Waals surface area contributed by atoms with E-state index in [9.17, 15) is 5.26 Å². The lowest BCUT2D eigenvalue weighted by Crippen LogP contribution is -2.19. The van der Waals surface area contributed by atoms with E-state index in [0.717, 1.165) is 27.0 Å². The Bertz CT molecular complexity index is 678. The third-order valence-electron chi connectivity index (χ3n) is 3.95. The topological polar surface area (TPSA) is 35.8 Å². The quantitative estimate of drug-likeness (QED) is 0.815. The third kappa shape index (κ3) is 2.98. The minimum absolute atomic E-state index is 0.0457. The monoisotopic (exact) mass is 360 g/mol. The number of nitrogens with zero attached hydrogens (tertiary/aromatic N) is 1. The Morgan fingerprint density at radius 2 is 1.86 bits per heavy atom. The second-order valence-electron chi connectivity index (χ2n) is 5.24. The van der Waals surface area contributed by atoms with Gasteiger partial charge in [-0.25, -0.2) is 0 Å². The molecule has 106 valence electrons. The summed E-state index contributed by atoms with van der Waals surface area (Å²) in [5.74, 6) is -0.0487. The number of nitrogens with one attached hydrogen (secondary N) is 1. The summed E-state index contributed by atoms with van der Waals surface area (Å²) in [5, 5.41) is 13.8. The van der Waals surface area contributed by atoms with E-state index < -0.39 is 0 Å². The first kappa shape index (κ1) is 14.6. The predicted molar refractivity (Wildman–Crippen MR) is 87.9 cm³/mol. The molecule has 0 bridgehead atoms. The van der Waals surface area contributed by atoms with Gasteiger partial charge in [0.2, 0.25) is 0 Å². The second kappa shape index (κ2) is 6.19. The van der Waals surface area contributed by atoms with Crippen LogP contribution in [0.3, 0.4) is 0 Å². The predicted octanol–water partition coefficient (Wildman–Crippen LogP) is 5.02. The van der Waals surface area contributed by atoms with Gasteiger partial charge in [-0.3, -0.25) is 0 Å². The second-order valence-corrected chi connectivity index (χ2v) is 6.56. The van der Waals surface area contributed by atoms with E-state index in [1.165, 1.54) is 0 Å². The van der Waals surface area contributed by atoms with E-state index in [0.29, 0.717) is 0 Å². The van der Waals surface area contributed by atoms with Crippen molar-refractivity contribution >= 4 is 27.5 Å². The summed E-state index contributed by atoms with van der Waals surface area (Å²) in [6.07, 6.45) is 0.779. The van der Waals surface area contributed by atoms with Crippen LogP contribution in [0.2, 0.25) is 5.02 Å². The average Bonchev–Trinajstić information content (AvgIpc) is 2.92. The van der Waals surface area contributed by atoms with Crippen LogP contribution in [0.5, 0.6) is 0 Å². The molecule has 3 rings (SSSR count). The molecular weight excluding hydrogens is 348 g/mol. The molecule has 1 heterocycles. The molecule has 2 aromatic carbocycles. The largest absolute Gasteiger partial charge is 0.302 e. The smallest absolute Gasteiger partial charge is 0.0676 e. The molecule has 0 amide bonds. The number of halogens is 2. The summed E-state index contributed by atoms with van der Waals surface area (Å²) in [6, 6.07) is 18.6. The van der Waals surface area contributed by atoms with E-state index in [1.807, 2.05) is 36.4 Å². The van der Waals surface area contributed by atoms with E-state index in [1.54, 1.807) is 0 Å². The van der Waals surface area contributed by atoms with Crippen molar-refractivity contribution in [1.82, 2.24) is 5.32 Å². The molecule has 1 saturated heterocycles. The summed E-state index contributed by atoms with van der Waals surface area (Å²) in [6.45, 7) is 0. The summed E-state index contributed by atoms with van der Waals surface area (Å²) < 4.78 is 1.04. The van der Waals surface area contributed by atoms with Crippen molar-refractivity contribution in [3.8, 4) is 6.07 Å². The van der Waals surface area contributed by atoms with Gasteiger partial charge in [-0.15, -0.1) is 0 Å². The van der Waals surface area contributed by atoms with Crippen LogP contribution in [0.15, 0.2) is 53.0 Å². The lowest BCUT2D eigenvalue weighted by molar-refractivity contribution is 0.544. The van der Waals surface area contributed by atoms with Crippen LogP contribution < -0.4 is 5.32 Å². The van der Waals surface area contributed by atoms with Crippen molar-refractivity contribution in [3.05, 3.63) is 69.2 Å². The SMILES string of the molecule is N#CC1CC(c2ccccc2Cl)NC1c1ccc(Br)cc1. The molecule has 0 radical (unpaired) electrons. The van der Waals surface area contributed by atoms with E-state index in [2.05, 4.69) is 39.4 Å². The molecule has 2 aromatic rings. The van der Waals surface area contributed by atoms with Crippen LogP contribution in [-0.2, 0) is 0 Å². The molecule has 1 aliphatic heterocycles. The fraction of sp³-hybridized carbons (Fsp3) is 0.235. The fourth-order valence-electron chi connectivity index (χ4n) is 2.89. The number of nitriles is 1. The standard InChI is InChI=1S/C17H14BrClN2/c18-13-7-5-11(6-8-13)17-12(10-20)9-16(21-17)14-3-1-2-4-15(14)19/h1-8,12,16-17,21H,9H2. The Kier molecular flexibility index (Phi) is 4.30. The number of benzene rings is 2. The van der Waals surface area contributed by atoms with Crippen LogP contribution in [0.1, 0.15) is 29.6 Å². The van der Waals surface area contributed by atoms with Gasteiger partial charge in [0.25, 0.3) is 0 Å². The number of hydrogen-bond donors (Lipinski definition) is 1. The molecule has 1 fully saturated rings. The van der Waals surface area contributed by atoms with Crippen LogP contribution in [-0.4, -0.2) is 0 Å². The van der Waals surface area contributed by atoms with Crippen molar-refractivity contribution in [2.75, 3.05) is 0 Å². The van der Waals surface area contributed by atoms with Crippen molar-refractivity contribution in [2.45, 2.75) is 18.5 Å². The minimum atomic E-state index is -0.0487. The van der Waals surface area contributed by atoms with Crippen LogP contribution in [0.4, 0.5) is 0 Å². The highest BCUT2D eigenvalue weighted by atomic mass is 79.9. The maximum absolute atomic E-state index is 9.45. The minimum Gasteiger partial charge on any atom is -0.302 e. The summed E-state index contributed by atoms with van der Waals surface area (Å²) in [7, 11) is 0. The molecule has 21 heavy (non-hydrogen) atoms. The molecule has 1 N–H and O–H groups in total. The van der Waals surface area contributed by atoms with Crippen molar-refractivity contribution in [3.63, 3.8) is 0 Å². The van der Waals surface area contributed by atoms with Gasteiger partial charge in [0.15, 0.2) is 0 Å².